The van der Waals surface area contributed by atoms with Crippen LogP contribution in [0.25, 0.3) is 0 Å². The van der Waals surface area contributed by atoms with Gasteiger partial charge in [0.2, 0.25) is 0 Å². The van der Waals surface area contributed by atoms with Crippen LogP contribution in [-0.2, 0) is 0 Å². The molecule has 104 valence electrons. The lowest BCUT2D eigenvalue weighted by Gasteiger charge is -2.24. The fourth-order valence-corrected chi connectivity index (χ4v) is 3.17. The first kappa shape index (κ1) is 14.3. The first-order valence-corrected chi connectivity index (χ1v) is 7.62. The molecule has 1 aromatic heterocycles. The average Bonchev–Trinajstić information content (AvgIpc) is 2.85. The molecule has 2 heterocycles. The molecule has 6 heteroatoms. The molecule has 2 rings (SSSR count). The van der Waals surface area contributed by atoms with Crippen molar-refractivity contribution in [2.45, 2.75) is 37.8 Å². The Labute approximate surface area is 117 Å². The van der Waals surface area contributed by atoms with Crippen molar-refractivity contribution in [2.75, 3.05) is 19.4 Å². The standard InChI is InChI=1S/C13H19N3O2S/c1-8-11(12(19-3)15-9(2)14-8)13(18)16-6-4-5-10(16)7-17/h10,17H,4-7H2,1-3H3. The molecule has 1 aliphatic heterocycles. The fraction of sp³-hybridized carbons (Fsp3) is 0.615. The molecule has 0 spiro atoms. The zero-order valence-corrected chi connectivity index (χ0v) is 12.3. The predicted octanol–water partition coefficient (Wildman–Crippen LogP) is 1.41. The van der Waals surface area contributed by atoms with Gasteiger partial charge in [-0.3, -0.25) is 4.79 Å². The second-order valence-corrected chi connectivity index (χ2v) is 5.51. The molecule has 1 unspecified atom stereocenters. The molecule has 0 saturated carbocycles. The fourth-order valence-electron chi connectivity index (χ4n) is 2.51. The third-order valence-corrected chi connectivity index (χ3v) is 4.11. The van der Waals surface area contributed by atoms with Crippen molar-refractivity contribution in [1.82, 2.24) is 14.9 Å². The number of thioether (sulfide) groups is 1. The van der Waals surface area contributed by atoms with E-state index in [1.165, 1.54) is 11.8 Å². The van der Waals surface area contributed by atoms with Gasteiger partial charge in [0.25, 0.3) is 5.91 Å². The number of aryl methyl sites for hydroxylation is 2. The molecule has 0 radical (unpaired) electrons. The molecule has 1 aromatic rings. The summed E-state index contributed by atoms with van der Waals surface area (Å²) in [5, 5.41) is 10.1. The molecule has 5 nitrogen and oxygen atoms in total. The van der Waals surface area contributed by atoms with E-state index < -0.39 is 0 Å². The van der Waals surface area contributed by atoms with E-state index >= 15 is 0 Å². The Balaban J connectivity index is 2.38. The second-order valence-electron chi connectivity index (χ2n) is 4.72. The molecule has 0 aromatic carbocycles. The Kier molecular flexibility index (Phi) is 4.42. The Morgan fingerprint density at radius 2 is 2.21 bits per heavy atom. The minimum atomic E-state index is -0.0668. The number of amides is 1. The van der Waals surface area contributed by atoms with Gasteiger partial charge in [0.05, 0.1) is 23.9 Å². The molecular weight excluding hydrogens is 262 g/mol. The normalized spacial score (nSPS) is 18.9. The number of aliphatic hydroxyl groups excluding tert-OH is 1. The van der Waals surface area contributed by atoms with E-state index in [2.05, 4.69) is 9.97 Å². The molecule has 1 fully saturated rings. The average molecular weight is 281 g/mol. The van der Waals surface area contributed by atoms with E-state index in [0.717, 1.165) is 17.9 Å². The summed E-state index contributed by atoms with van der Waals surface area (Å²) in [6.45, 7) is 4.39. The van der Waals surface area contributed by atoms with Crippen molar-refractivity contribution in [3.8, 4) is 0 Å². The second kappa shape index (κ2) is 5.88. The van der Waals surface area contributed by atoms with Crippen LogP contribution in [0, 0.1) is 13.8 Å². The van der Waals surface area contributed by atoms with E-state index in [0.29, 0.717) is 23.6 Å². The van der Waals surface area contributed by atoms with Gasteiger partial charge >= 0.3 is 0 Å². The molecule has 1 amide bonds. The number of aliphatic hydroxyl groups is 1. The van der Waals surface area contributed by atoms with Crippen molar-refractivity contribution < 1.29 is 9.90 Å². The highest BCUT2D eigenvalue weighted by atomic mass is 32.2. The quantitative estimate of drug-likeness (QED) is 0.670. The molecule has 1 aliphatic rings. The summed E-state index contributed by atoms with van der Waals surface area (Å²) >= 11 is 1.46. The molecule has 1 saturated heterocycles. The van der Waals surface area contributed by atoms with Crippen molar-refractivity contribution in [3.63, 3.8) is 0 Å². The van der Waals surface area contributed by atoms with Crippen LogP contribution in [0.5, 0.6) is 0 Å². The van der Waals surface area contributed by atoms with Crippen LogP contribution >= 0.6 is 11.8 Å². The van der Waals surface area contributed by atoms with Crippen LogP contribution in [0.1, 0.15) is 34.7 Å². The first-order valence-electron chi connectivity index (χ1n) is 6.39. The third-order valence-electron chi connectivity index (χ3n) is 3.42. The van der Waals surface area contributed by atoms with E-state index in [4.69, 9.17) is 0 Å². The number of likely N-dealkylation sites (tertiary alicyclic amines) is 1. The van der Waals surface area contributed by atoms with Gasteiger partial charge in [-0.2, -0.15) is 0 Å². The lowest BCUT2D eigenvalue weighted by atomic mass is 10.2. The number of carbonyl (C=O) groups is 1. The van der Waals surface area contributed by atoms with Crippen molar-refractivity contribution in [3.05, 3.63) is 17.1 Å². The number of hydrogen-bond acceptors (Lipinski definition) is 5. The summed E-state index contributed by atoms with van der Waals surface area (Å²) in [6, 6.07) is -0.0668. The van der Waals surface area contributed by atoms with Gasteiger partial charge < -0.3 is 10.0 Å². The predicted molar refractivity (Wildman–Crippen MR) is 74.4 cm³/mol. The van der Waals surface area contributed by atoms with Crippen LogP contribution in [0.15, 0.2) is 5.03 Å². The summed E-state index contributed by atoms with van der Waals surface area (Å²) in [5.41, 5.74) is 1.30. The van der Waals surface area contributed by atoms with Crippen LogP contribution in [0.4, 0.5) is 0 Å². The van der Waals surface area contributed by atoms with Crippen LogP contribution in [0.3, 0.4) is 0 Å². The van der Waals surface area contributed by atoms with Crippen LogP contribution in [-0.4, -0.2) is 51.3 Å². The highest BCUT2D eigenvalue weighted by Gasteiger charge is 2.31. The Morgan fingerprint density at radius 1 is 1.47 bits per heavy atom. The van der Waals surface area contributed by atoms with E-state index in [-0.39, 0.29) is 18.6 Å². The van der Waals surface area contributed by atoms with E-state index in [1.54, 1.807) is 4.90 Å². The minimum absolute atomic E-state index is 0.0199. The summed E-state index contributed by atoms with van der Waals surface area (Å²) in [5.74, 6) is 0.622. The summed E-state index contributed by atoms with van der Waals surface area (Å²) in [4.78, 5) is 23.0. The molecular formula is C13H19N3O2S. The first-order chi connectivity index (χ1) is 9.08. The van der Waals surface area contributed by atoms with Gasteiger partial charge in [0.15, 0.2) is 0 Å². The highest BCUT2D eigenvalue weighted by Crippen LogP contribution is 2.26. The molecule has 0 aliphatic carbocycles. The lowest BCUT2D eigenvalue weighted by molar-refractivity contribution is 0.0672. The highest BCUT2D eigenvalue weighted by molar-refractivity contribution is 7.98. The maximum Gasteiger partial charge on any atom is 0.258 e. The van der Waals surface area contributed by atoms with Gasteiger partial charge in [-0.1, -0.05) is 0 Å². The monoisotopic (exact) mass is 281 g/mol. The number of rotatable bonds is 3. The van der Waals surface area contributed by atoms with Gasteiger partial charge in [-0.25, -0.2) is 9.97 Å². The number of aromatic nitrogens is 2. The lowest BCUT2D eigenvalue weighted by Crippen LogP contribution is -2.38. The Bertz CT molecular complexity index is 493. The SMILES string of the molecule is CSc1nc(C)nc(C)c1C(=O)N1CCCC1CO. The van der Waals surface area contributed by atoms with Gasteiger partial charge in [-0.15, -0.1) is 11.8 Å². The van der Waals surface area contributed by atoms with Gasteiger partial charge in [0, 0.05) is 6.54 Å². The zero-order chi connectivity index (χ0) is 14.0. The molecule has 1 atom stereocenters. The third kappa shape index (κ3) is 2.74. The summed E-state index contributed by atoms with van der Waals surface area (Å²) in [6.07, 6.45) is 3.71. The Morgan fingerprint density at radius 3 is 2.84 bits per heavy atom. The zero-order valence-electron chi connectivity index (χ0n) is 11.5. The summed E-state index contributed by atoms with van der Waals surface area (Å²) in [7, 11) is 0. The molecule has 0 bridgehead atoms. The minimum Gasteiger partial charge on any atom is -0.394 e. The van der Waals surface area contributed by atoms with Crippen LogP contribution < -0.4 is 0 Å². The van der Waals surface area contributed by atoms with Crippen molar-refractivity contribution in [2.24, 2.45) is 0 Å². The smallest absolute Gasteiger partial charge is 0.258 e. The van der Waals surface area contributed by atoms with Gasteiger partial charge in [0.1, 0.15) is 10.9 Å². The van der Waals surface area contributed by atoms with E-state index in [1.807, 2.05) is 20.1 Å². The van der Waals surface area contributed by atoms with E-state index in [9.17, 15) is 9.90 Å². The van der Waals surface area contributed by atoms with Crippen molar-refractivity contribution >= 4 is 17.7 Å². The maximum atomic E-state index is 12.6. The maximum absolute atomic E-state index is 12.6. The summed E-state index contributed by atoms with van der Waals surface area (Å²) < 4.78 is 0. The van der Waals surface area contributed by atoms with Gasteiger partial charge in [-0.05, 0) is 32.9 Å². The Hall–Kier alpha value is -1.14. The number of carbonyl (C=O) groups excluding carboxylic acids is 1. The molecule has 1 N–H and O–H groups in total. The van der Waals surface area contributed by atoms with Crippen LogP contribution in [0.2, 0.25) is 0 Å². The molecule has 19 heavy (non-hydrogen) atoms. The largest absolute Gasteiger partial charge is 0.394 e. The van der Waals surface area contributed by atoms with Crippen molar-refractivity contribution in [1.29, 1.82) is 0 Å². The number of hydrogen-bond donors (Lipinski definition) is 1. The topological polar surface area (TPSA) is 66.3 Å². The number of nitrogens with zero attached hydrogens (tertiary/aromatic N) is 3.